The molecule has 0 aliphatic heterocycles. The summed E-state index contributed by atoms with van der Waals surface area (Å²) < 4.78 is 0.753. The van der Waals surface area contributed by atoms with Crippen molar-refractivity contribution in [2.75, 3.05) is 5.75 Å². The molecule has 0 saturated heterocycles. The van der Waals surface area contributed by atoms with Gasteiger partial charge in [-0.15, -0.1) is 10.2 Å². The number of hydrogen-bond acceptors (Lipinski definition) is 6. The molecule has 1 atom stereocenters. The van der Waals surface area contributed by atoms with Crippen molar-refractivity contribution in [2.24, 2.45) is 5.92 Å². The van der Waals surface area contributed by atoms with Crippen molar-refractivity contribution >= 4 is 29.0 Å². The molecule has 0 radical (unpaired) electrons. The first kappa shape index (κ1) is 13.9. The lowest BCUT2D eigenvalue weighted by molar-refractivity contribution is -0.120. The van der Waals surface area contributed by atoms with Crippen molar-refractivity contribution in [2.45, 2.75) is 30.6 Å². The molecule has 1 aromatic rings. The number of nitrogens with one attached hydrogen (secondary N) is 1. The predicted molar refractivity (Wildman–Crippen MR) is 67.6 cm³/mol. The largest absolute Gasteiger partial charge is 0.337 e. The molecule has 1 aromatic heterocycles. The highest BCUT2D eigenvalue weighted by molar-refractivity contribution is 8.01. The standard InChI is InChI=1S/C10H14N4OS2/c1-7(2)10(3,5-11)13-8(15)4-16-9-14-12-6-17-9/h6-7H,4H2,1-3H3,(H,13,15)/t10-/m0/s1. The maximum atomic E-state index is 11.7. The van der Waals surface area contributed by atoms with E-state index in [-0.39, 0.29) is 17.6 Å². The summed E-state index contributed by atoms with van der Waals surface area (Å²) >= 11 is 2.71. The smallest absolute Gasteiger partial charge is 0.231 e. The summed E-state index contributed by atoms with van der Waals surface area (Å²) in [5, 5.41) is 19.3. The van der Waals surface area contributed by atoms with Crippen LogP contribution in [-0.2, 0) is 4.79 Å². The van der Waals surface area contributed by atoms with Crippen molar-refractivity contribution in [1.82, 2.24) is 15.5 Å². The molecule has 0 bridgehead atoms. The third-order valence-corrected chi connectivity index (χ3v) is 4.31. The van der Waals surface area contributed by atoms with Gasteiger partial charge < -0.3 is 5.32 Å². The van der Waals surface area contributed by atoms with Gasteiger partial charge in [-0.2, -0.15) is 5.26 Å². The van der Waals surface area contributed by atoms with Crippen LogP contribution in [0.15, 0.2) is 9.85 Å². The van der Waals surface area contributed by atoms with Gasteiger partial charge in [-0.1, -0.05) is 36.9 Å². The summed E-state index contributed by atoms with van der Waals surface area (Å²) in [6.07, 6.45) is 0. The lowest BCUT2D eigenvalue weighted by Crippen LogP contribution is -2.49. The number of nitriles is 1. The minimum atomic E-state index is -0.821. The van der Waals surface area contributed by atoms with Gasteiger partial charge in [0.25, 0.3) is 0 Å². The average Bonchev–Trinajstić information content (AvgIpc) is 2.78. The molecule has 1 rings (SSSR count). The Morgan fingerprint density at radius 1 is 1.76 bits per heavy atom. The molecule has 0 aliphatic carbocycles. The highest BCUT2D eigenvalue weighted by Gasteiger charge is 2.29. The van der Waals surface area contributed by atoms with Crippen molar-refractivity contribution in [1.29, 1.82) is 5.26 Å². The van der Waals surface area contributed by atoms with Crippen molar-refractivity contribution < 1.29 is 4.79 Å². The van der Waals surface area contributed by atoms with Crippen LogP contribution in [0.25, 0.3) is 0 Å². The van der Waals surface area contributed by atoms with Crippen LogP contribution in [-0.4, -0.2) is 27.4 Å². The molecular weight excluding hydrogens is 256 g/mol. The van der Waals surface area contributed by atoms with Gasteiger partial charge in [0.15, 0.2) is 4.34 Å². The first-order chi connectivity index (χ1) is 7.98. The zero-order valence-electron chi connectivity index (χ0n) is 9.93. The molecule has 7 heteroatoms. The van der Waals surface area contributed by atoms with Crippen LogP contribution in [0.2, 0.25) is 0 Å². The minimum Gasteiger partial charge on any atom is -0.337 e. The molecule has 1 N–H and O–H groups in total. The fraction of sp³-hybridized carbons (Fsp3) is 0.600. The fourth-order valence-electron chi connectivity index (χ4n) is 0.980. The lowest BCUT2D eigenvalue weighted by Gasteiger charge is -2.27. The zero-order chi connectivity index (χ0) is 12.9. The SMILES string of the molecule is CC(C)[C@](C)(C#N)NC(=O)CSc1nncs1. The van der Waals surface area contributed by atoms with Crippen molar-refractivity contribution in [3.8, 4) is 6.07 Å². The number of nitrogens with zero attached hydrogens (tertiary/aromatic N) is 3. The molecular formula is C10H14N4OS2. The van der Waals surface area contributed by atoms with Gasteiger partial charge >= 0.3 is 0 Å². The second kappa shape index (κ2) is 5.98. The third-order valence-electron chi connectivity index (χ3n) is 2.45. The molecule has 0 fully saturated rings. The quantitative estimate of drug-likeness (QED) is 0.824. The van der Waals surface area contributed by atoms with E-state index in [2.05, 4.69) is 21.6 Å². The number of carbonyl (C=O) groups excluding carboxylic acids is 1. The van der Waals surface area contributed by atoms with Crippen LogP contribution in [0.1, 0.15) is 20.8 Å². The van der Waals surface area contributed by atoms with Crippen molar-refractivity contribution in [3.05, 3.63) is 5.51 Å². The lowest BCUT2D eigenvalue weighted by atomic mass is 9.90. The van der Waals surface area contributed by atoms with Crippen LogP contribution in [0.3, 0.4) is 0 Å². The number of amides is 1. The van der Waals surface area contributed by atoms with Crippen LogP contribution < -0.4 is 5.32 Å². The number of thioether (sulfide) groups is 1. The second-order valence-electron chi connectivity index (χ2n) is 4.01. The van der Waals surface area contributed by atoms with Crippen LogP contribution in [0.4, 0.5) is 0 Å². The van der Waals surface area contributed by atoms with Gasteiger partial charge in [0.1, 0.15) is 11.0 Å². The molecule has 0 unspecified atom stereocenters. The van der Waals surface area contributed by atoms with E-state index >= 15 is 0 Å². The highest BCUT2D eigenvalue weighted by Crippen LogP contribution is 2.20. The fourth-order valence-corrected chi connectivity index (χ4v) is 2.27. The summed E-state index contributed by atoms with van der Waals surface area (Å²) in [7, 11) is 0. The summed E-state index contributed by atoms with van der Waals surface area (Å²) in [5.74, 6) is 0.144. The van der Waals surface area contributed by atoms with E-state index in [0.717, 1.165) is 4.34 Å². The van der Waals surface area contributed by atoms with E-state index < -0.39 is 5.54 Å². The molecule has 0 aliphatic rings. The van der Waals surface area contributed by atoms with Gasteiger partial charge in [-0.3, -0.25) is 4.79 Å². The van der Waals surface area contributed by atoms with E-state index in [1.807, 2.05) is 13.8 Å². The maximum Gasteiger partial charge on any atom is 0.231 e. The summed E-state index contributed by atoms with van der Waals surface area (Å²) in [4.78, 5) is 11.7. The van der Waals surface area contributed by atoms with E-state index in [1.54, 1.807) is 12.4 Å². The minimum absolute atomic E-state index is 0.0583. The Morgan fingerprint density at radius 3 is 2.94 bits per heavy atom. The van der Waals surface area contributed by atoms with Gasteiger partial charge in [0.05, 0.1) is 11.8 Å². The Kier molecular flexibility index (Phi) is 4.90. The molecule has 0 aromatic carbocycles. The number of carbonyl (C=O) groups is 1. The van der Waals surface area contributed by atoms with Gasteiger partial charge in [0.2, 0.25) is 5.91 Å². The van der Waals surface area contributed by atoms with Gasteiger partial charge in [-0.25, -0.2) is 0 Å². The Labute approximate surface area is 109 Å². The molecule has 17 heavy (non-hydrogen) atoms. The summed E-state index contributed by atoms with van der Waals surface area (Å²) in [5.41, 5.74) is 0.798. The van der Waals surface area contributed by atoms with E-state index in [4.69, 9.17) is 5.26 Å². The summed E-state index contributed by atoms with van der Waals surface area (Å²) in [6, 6.07) is 2.14. The first-order valence-corrected chi connectivity index (χ1v) is 6.95. The van der Waals surface area contributed by atoms with Crippen LogP contribution in [0.5, 0.6) is 0 Å². The van der Waals surface area contributed by atoms with Crippen molar-refractivity contribution in [3.63, 3.8) is 0 Å². The molecule has 92 valence electrons. The Bertz CT molecular complexity index is 412. The first-order valence-electron chi connectivity index (χ1n) is 5.09. The number of rotatable bonds is 5. The van der Waals surface area contributed by atoms with E-state index in [0.29, 0.717) is 0 Å². The Hall–Kier alpha value is -1.13. The topological polar surface area (TPSA) is 78.7 Å². The van der Waals surface area contributed by atoms with Gasteiger partial charge in [-0.05, 0) is 12.8 Å². The third kappa shape index (κ3) is 3.98. The predicted octanol–water partition coefficient (Wildman–Crippen LogP) is 1.68. The normalized spacial score (nSPS) is 14.1. The van der Waals surface area contributed by atoms with Gasteiger partial charge in [0, 0.05) is 0 Å². The molecule has 1 heterocycles. The molecule has 5 nitrogen and oxygen atoms in total. The zero-order valence-corrected chi connectivity index (χ0v) is 11.6. The average molecular weight is 270 g/mol. The second-order valence-corrected chi connectivity index (χ2v) is 6.07. The highest BCUT2D eigenvalue weighted by atomic mass is 32.2. The van der Waals surface area contributed by atoms with E-state index in [9.17, 15) is 4.79 Å². The Morgan fingerprint density at radius 2 is 2.47 bits per heavy atom. The molecule has 0 spiro atoms. The molecule has 1 amide bonds. The molecule has 0 saturated carbocycles. The number of hydrogen-bond donors (Lipinski definition) is 1. The Balaban J connectivity index is 2.47. The summed E-state index contributed by atoms with van der Waals surface area (Å²) in [6.45, 7) is 5.54. The monoisotopic (exact) mass is 270 g/mol. The van der Waals surface area contributed by atoms with Crippen LogP contribution >= 0.6 is 23.1 Å². The van der Waals surface area contributed by atoms with E-state index in [1.165, 1.54) is 23.1 Å². The number of aromatic nitrogens is 2. The maximum absolute atomic E-state index is 11.7. The van der Waals surface area contributed by atoms with Crippen LogP contribution in [0, 0.1) is 17.2 Å².